The Hall–Kier alpha value is -2.15. The van der Waals surface area contributed by atoms with Crippen molar-refractivity contribution >= 4 is 5.91 Å². The second-order valence-electron chi connectivity index (χ2n) is 6.58. The normalized spacial score (nSPS) is 16.5. The van der Waals surface area contributed by atoms with Gasteiger partial charge in [0, 0.05) is 19.8 Å². The van der Waals surface area contributed by atoms with Crippen LogP contribution in [0.15, 0.2) is 16.8 Å². The topological polar surface area (TPSA) is 76.2 Å². The molecule has 1 saturated heterocycles. The van der Waals surface area contributed by atoms with Crippen molar-refractivity contribution in [3.8, 4) is 0 Å². The summed E-state index contributed by atoms with van der Waals surface area (Å²) in [6.07, 6.45) is 5.48. The number of piperidine rings is 1. The fourth-order valence-electron chi connectivity index (χ4n) is 3.02. The van der Waals surface area contributed by atoms with Crippen LogP contribution < -0.4 is 5.32 Å². The maximum absolute atomic E-state index is 12.0. The van der Waals surface area contributed by atoms with E-state index < -0.39 is 0 Å². The second kappa shape index (κ2) is 7.17. The molecular weight excluding hydrogens is 306 g/mol. The van der Waals surface area contributed by atoms with Crippen LogP contribution in [-0.2, 0) is 13.6 Å². The highest BCUT2D eigenvalue weighted by atomic mass is 16.4. The summed E-state index contributed by atoms with van der Waals surface area (Å²) < 4.78 is 7.29. The molecule has 1 amide bonds. The van der Waals surface area contributed by atoms with Crippen molar-refractivity contribution in [2.45, 2.75) is 33.2 Å². The number of aryl methyl sites for hydroxylation is 3. The van der Waals surface area contributed by atoms with Crippen molar-refractivity contribution in [3.05, 3.63) is 35.3 Å². The molecule has 0 saturated carbocycles. The molecular formula is C17H25N5O2. The maximum Gasteiger partial charge on any atom is 0.254 e. The average Bonchev–Trinajstić information content (AvgIpc) is 3.12. The molecule has 0 unspecified atom stereocenters. The summed E-state index contributed by atoms with van der Waals surface area (Å²) in [6.45, 7) is 7.42. The van der Waals surface area contributed by atoms with Crippen LogP contribution in [0, 0.1) is 19.8 Å². The van der Waals surface area contributed by atoms with Gasteiger partial charge in [0.2, 0.25) is 5.89 Å². The molecule has 3 heterocycles. The van der Waals surface area contributed by atoms with Gasteiger partial charge in [-0.1, -0.05) is 0 Å². The van der Waals surface area contributed by atoms with Crippen LogP contribution in [0.1, 0.15) is 40.5 Å². The lowest BCUT2D eigenvalue weighted by Gasteiger charge is -2.31. The SMILES string of the molecule is Cc1nc(CN2CCC(CNC(=O)c3cnn(C)c3)CC2)oc1C. The largest absolute Gasteiger partial charge is 0.444 e. The Morgan fingerprint density at radius 2 is 2.12 bits per heavy atom. The van der Waals surface area contributed by atoms with Crippen molar-refractivity contribution in [1.82, 2.24) is 25.0 Å². The Bertz CT molecular complexity index is 678. The zero-order valence-electron chi connectivity index (χ0n) is 14.6. The molecule has 0 aromatic carbocycles. The van der Waals surface area contributed by atoms with Crippen LogP contribution in [0.25, 0.3) is 0 Å². The minimum Gasteiger partial charge on any atom is -0.444 e. The summed E-state index contributed by atoms with van der Waals surface area (Å²) in [6, 6.07) is 0. The predicted octanol–water partition coefficient (Wildman–Crippen LogP) is 1.67. The fraction of sp³-hybridized carbons (Fsp3) is 0.588. The minimum atomic E-state index is -0.0451. The molecule has 2 aromatic rings. The number of carbonyl (C=O) groups excluding carboxylic acids is 1. The van der Waals surface area contributed by atoms with Crippen LogP contribution in [0.3, 0.4) is 0 Å². The number of oxazole rings is 1. The standard InChI is InChI=1S/C17H25N5O2/c1-12-13(2)24-16(20-12)11-22-6-4-14(5-7-22)8-18-17(23)15-9-19-21(3)10-15/h9-10,14H,4-8,11H2,1-3H3,(H,18,23). The van der Waals surface area contributed by atoms with Crippen molar-refractivity contribution in [3.63, 3.8) is 0 Å². The lowest BCUT2D eigenvalue weighted by molar-refractivity contribution is 0.0933. The third kappa shape index (κ3) is 4.03. The quantitative estimate of drug-likeness (QED) is 0.902. The molecule has 0 atom stereocenters. The first-order valence-corrected chi connectivity index (χ1v) is 8.43. The number of hydrogen-bond acceptors (Lipinski definition) is 5. The Morgan fingerprint density at radius 3 is 2.71 bits per heavy atom. The number of nitrogens with zero attached hydrogens (tertiary/aromatic N) is 4. The number of amides is 1. The molecule has 0 spiro atoms. The van der Waals surface area contributed by atoms with Crippen LogP contribution >= 0.6 is 0 Å². The minimum absolute atomic E-state index is 0.0451. The predicted molar refractivity (Wildman–Crippen MR) is 89.5 cm³/mol. The molecule has 0 radical (unpaired) electrons. The molecule has 2 aromatic heterocycles. The lowest BCUT2D eigenvalue weighted by atomic mass is 9.96. The van der Waals surface area contributed by atoms with Gasteiger partial charge in [-0.15, -0.1) is 0 Å². The Balaban J connectivity index is 1.41. The summed E-state index contributed by atoms with van der Waals surface area (Å²) in [5.41, 5.74) is 1.59. The molecule has 24 heavy (non-hydrogen) atoms. The third-order valence-electron chi connectivity index (χ3n) is 4.66. The summed E-state index contributed by atoms with van der Waals surface area (Å²) >= 11 is 0. The molecule has 1 N–H and O–H groups in total. The van der Waals surface area contributed by atoms with Crippen LogP contribution in [0.5, 0.6) is 0 Å². The van der Waals surface area contributed by atoms with Gasteiger partial charge >= 0.3 is 0 Å². The molecule has 0 bridgehead atoms. The first-order valence-electron chi connectivity index (χ1n) is 8.43. The van der Waals surface area contributed by atoms with Crippen LogP contribution in [0.4, 0.5) is 0 Å². The first-order chi connectivity index (χ1) is 11.5. The van der Waals surface area contributed by atoms with E-state index in [4.69, 9.17) is 4.42 Å². The lowest BCUT2D eigenvalue weighted by Crippen LogP contribution is -2.38. The number of rotatable bonds is 5. The number of hydrogen-bond donors (Lipinski definition) is 1. The highest BCUT2D eigenvalue weighted by molar-refractivity contribution is 5.93. The van der Waals surface area contributed by atoms with Gasteiger partial charge in [-0.2, -0.15) is 5.10 Å². The van der Waals surface area contributed by atoms with Gasteiger partial charge in [-0.05, 0) is 45.7 Å². The van der Waals surface area contributed by atoms with Crippen LogP contribution in [0.2, 0.25) is 0 Å². The van der Waals surface area contributed by atoms with Crippen molar-refractivity contribution in [2.75, 3.05) is 19.6 Å². The Labute approximate surface area is 142 Å². The molecule has 1 aliphatic rings. The first kappa shape index (κ1) is 16.7. The molecule has 0 aliphatic carbocycles. The summed E-state index contributed by atoms with van der Waals surface area (Å²) in [7, 11) is 1.81. The number of carbonyl (C=O) groups is 1. The van der Waals surface area contributed by atoms with Gasteiger partial charge in [0.25, 0.3) is 5.91 Å². The highest BCUT2D eigenvalue weighted by Crippen LogP contribution is 2.19. The van der Waals surface area contributed by atoms with Gasteiger partial charge in [0.15, 0.2) is 0 Å². The number of nitrogens with one attached hydrogen (secondary N) is 1. The van der Waals surface area contributed by atoms with Gasteiger partial charge in [0.1, 0.15) is 5.76 Å². The van der Waals surface area contributed by atoms with Gasteiger partial charge in [-0.3, -0.25) is 14.4 Å². The van der Waals surface area contributed by atoms with E-state index in [9.17, 15) is 4.79 Å². The Morgan fingerprint density at radius 1 is 1.38 bits per heavy atom. The van der Waals surface area contributed by atoms with Crippen LogP contribution in [-0.4, -0.2) is 45.2 Å². The van der Waals surface area contributed by atoms with Gasteiger partial charge in [-0.25, -0.2) is 4.98 Å². The Kier molecular flexibility index (Phi) is 4.99. The van der Waals surface area contributed by atoms with E-state index >= 15 is 0 Å². The molecule has 1 fully saturated rings. The van der Waals surface area contributed by atoms with E-state index in [2.05, 4.69) is 20.3 Å². The van der Waals surface area contributed by atoms with Crippen molar-refractivity contribution in [2.24, 2.45) is 13.0 Å². The smallest absolute Gasteiger partial charge is 0.254 e. The fourth-order valence-corrected chi connectivity index (χ4v) is 3.02. The molecule has 1 aliphatic heterocycles. The van der Waals surface area contributed by atoms with E-state index in [-0.39, 0.29) is 5.91 Å². The number of aromatic nitrogens is 3. The zero-order chi connectivity index (χ0) is 17.1. The van der Waals surface area contributed by atoms with Gasteiger partial charge < -0.3 is 9.73 Å². The van der Waals surface area contributed by atoms with Gasteiger partial charge in [0.05, 0.1) is 24.0 Å². The average molecular weight is 331 g/mol. The molecule has 7 heteroatoms. The summed E-state index contributed by atoms with van der Waals surface area (Å²) in [5.74, 6) is 2.18. The van der Waals surface area contributed by atoms with Crippen molar-refractivity contribution in [1.29, 1.82) is 0 Å². The maximum atomic E-state index is 12.0. The summed E-state index contributed by atoms with van der Waals surface area (Å²) in [4.78, 5) is 18.9. The van der Waals surface area contributed by atoms with E-state index in [1.54, 1.807) is 17.1 Å². The summed E-state index contributed by atoms with van der Waals surface area (Å²) in [5, 5.41) is 7.04. The second-order valence-corrected chi connectivity index (χ2v) is 6.58. The monoisotopic (exact) mass is 331 g/mol. The zero-order valence-corrected chi connectivity index (χ0v) is 14.6. The molecule has 7 nitrogen and oxygen atoms in total. The highest BCUT2D eigenvalue weighted by Gasteiger charge is 2.21. The molecule has 130 valence electrons. The molecule has 3 rings (SSSR count). The van der Waals surface area contributed by atoms with E-state index in [0.29, 0.717) is 11.5 Å². The van der Waals surface area contributed by atoms with Crippen molar-refractivity contribution < 1.29 is 9.21 Å². The van der Waals surface area contributed by atoms with E-state index in [1.807, 2.05) is 20.9 Å². The van der Waals surface area contributed by atoms with E-state index in [1.165, 1.54) is 0 Å². The van der Waals surface area contributed by atoms with E-state index in [0.717, 1.165) is 56.4 Å². The number of likely N-dealkylation sites (tertiary alicyclic amines) is 1. The third-order valence-corrected chi connectivity index (χ3v) is 4.66.